The molecule has 1 aromatic heterocycles. The molecule has 4 heteroatoms. The highest BCUT2D eigenvalue weighted by Crippen LogP contribution is 2.16. The van der Waals surface area contributed by atoms with Gasteiger partial charge >= 0.3 is 0 Å². The van der Waals surface area contributed by atoms with E-state index in [1.54, 1.807) is 0 Å². The van der Waals surface area contributed by atoms with Crippen LogP contribution in [0, 0.1) is 0 Å². The van der Waals surface area contributed by atoms with Gasteiger partial charge in [0.1, 0.15) is 0 Å². The summed E-state index contributed by atoms with van der Waals surface area (Å²) >= 11 is 0. The van der Waals surface area contributed by atoms with E-state index in [1.807, 2.05) is 0 Å². The van der Waals surface area contributed by atoms with E-state index in [1.165, 1.54) is 0 Å². The zero-order chi connectivity index (χ0) is 10.4. The molecule has 0 aromatic carbocycles. The van der Waals surface area contributed by atoms with Crippen molar-refractivity contribution in [1.82, 2.24) is 15.5 Å². The summed E-state index contributed by atoms with van der Waals surface area (Å²) in [7, 11) is 0. The Bertz CT molecular complexity index is 260. The Kier molecular flexibility index (Phi) is 4.59. The minimum Gasteiger partial charge on any atom is -0.424 e. The molecule has 0 aliphatic carbocycles. The van der Waals surface area contributed by atoms with Gasteiger partial charge in [0, 0.05) is 5.92 Å². The Morgan fingerprint density at radius 2 is 2.14 bits per heavy atom. The standard InChI is InChI=1S/C10H19N3O/c1-4-6-11-7-9-12-13-10(14-9)8(3)5-2/h8,11H,4-7H2,1-3H3. The van der Waals surface area contributed by atoms with Crippen molar-refractivity contribution >= 4 is 0 Å². The summed E-state index contributed by atoms with van der Waals surface area (Å²) in [6, 6.07) is 0. The highest BCUT2D eigenvalue weighted by Gasteiger charge is 2.11. The Hall–Kier alpha value is -0.900. The lowest BCUT2D eigenvalue weighted by Crippen LogP contribution is -2.13. The van der Waals surface area contributed by atoms with Crippen LogP contribution in [0.5, 0.6) is 0 Å². The van der Waals surface area contributed by atoms with Crippen LogP contribution in [0.1, 0.15) is 51.3 Å². The van der Waals surface area contributed by atoms with Gasteiger partial charge in [-0.05, 0) is 19.4 Å². The van der Waals surface area contributed by atoms with Gasteiger partial charge in [-0.25, -0.2) is 0 Å². The molecule has 0 aliphatic rings. The second-order valence-corrected chi connectivity index (χ2v) is 3.52. The predicted molar refractivity (Wildman–Crippen MR) is 55.0 cm³/mol. The zero-order valence-electron chi connectivity index (χ0n) is 9.21. The van der Waals surface area contributed by atoms with Gasteiger partial charge in [0.05, 0.1) is 6.54 Å². The molecule has 1 rings (SSSR count). The third kappa shape index (κ3) is 3.10. The molecule has 0 amide bonds. The molecule has 1 aromatic rings. The third-order valence-electron chi connectivity index (χ3n) is 2.22. The first kappa shape index (κ1) is 11.2. The normalized spacial score (nSPS) is 13.1. The summed E-state index contributed by atoms with van der Waals surface area (Å²) in [5.41, 5.74) is 0. The fourth-order valence-corrected chi connectivity index (χ4v) is 1.08. The Labute approximate surface area is 85.1 Å². The third-order valence-corrected chi connectivity index (χ3v) is 2.22. The fraction of sp³-hybridized carbons (Fsp3) is 0.800. The van der Waals surface area contributed by atoms with Gasteiger partial charge in [-0.2, -0.15) is 0 Å². The van der Waals surface area contributed by atoms with E-state index in [4.69, 9.17) is 4.42 Å². The molecule has 14 heavy (non-hydrogen) atoms. The van der Waals surface area contributed by atoms with E-state index in [0.717, 1.165) is 25.3 Å². The van der Waals surface area contributed by atoms with Gasteiger partial charge in [0.25, 0.3) is 0 Å². The molecule has 0 aliphatic heterocycles. The van der Waals surface area contributed by atoms with E-state index in [-0.39, 0.29) is 0 Å². The molecule has 1 heterocycles. The molecule has 0 saturated heterocycles. The van der Waals surface area contributed by atoms with Gasteiger partial charge in [0.2, 0.25) is 11.8 Å². The monoisotopic (exact) mass is 197 g/mol. The second-order valence-electron chi connectivity index (χ2n) is 3.52. The maximum Gasteiger partial charge on any atom is 0.230 e. The molecule has 0 saturated carbocycles. The predicted octanol–water partition coefficient (Wildman–Crippen LogP) is 2.08. The van der Waals surface area contributed by atoms with E-state index in [9.17, 15) is 0 Å². The summed E-state index contributed by atoms with van der Waals surface area (Å²) in [5.74, 6) is 1.80. The number of aromatic nitrogens is 2. The number of hydrogen-bond donors (Lipinski definition) is 1. The van der Waals surface area contributed by atoms with E-state index in [0.29, 0.717) is 18.4 Å². The fourth-order valence-electron chi connectivity index (χ4n) is 1.08. The lowest BCUT2D eigenvalue weighted by molar-refractivity contribution is 0.407. The molecular formula is C10H19N3O. The van der Waals surface area contributed by atoms with Gasteiger partial charge in [-0.3, -0.25) is 0 Å². The molecule has 1 unspecified atom stereocenters. The maximum absolute atomic E-state index is 5.50. The summed E-state index contributed by atoms with van der Waals surface area (Å²) in [6.07, 6.45) is 2.15. The highest BCUT2D eigenvalue weighted by atomic mass is 16.4. The topological polar surface area (TPSA) is 51.0 Å². The molecule has 1 N–H and O–H groups in total. The molecule has 0 fully saturated rings. The minimum atomic E-state index is 0.363. The largest absolute Gasteiger partial charge is 0.424 e. The first-order chi connectivity index (χ1) is 6.77. The average Bonchev–Trinajstić information content (AvgIpc) is 2.66. The summed E-state index contributed by atoms with van der Waals surface area (Å²) in [5, 5.41) is 11.2. The van der Waals surface area contributed by atoms with Crippen LogP contribution in [-0.2, 0) is 6.54 Å². The van der Waals surface area contributed by atoms with Crippen LogP contribution in [0.4, 0.5) is 0 Å². The number of nitrogens with one attached hydrogen (secondary N) is 1. The summed E-state index contributed by atoms with van der Waals surface area (Å²) in [4.78, 5) is 0. The van der Waals surface area contributed by atoms with Crippen LogP contribution in [0.2, 0.25) is 0 Å². The highest BCUT2D eigenvalue weighted by molar-refractivity contribution is 4.88. The minimum absolute atomic E-state index is 0.363. The molecule has 4 nitrogen and oxygen atoms in total. The van der Waals surface area contributed by atoms with E-state index < -0.39 is 0 Å². The van der Waals surface area contributed by atoms with Crippen molar-refractivity contribution in [3.63, 3.8) is 0 Å². The lowest BCUT2D eigenvalue weighted by Gasteiger charge is -2.00. The first-order valence-electron chi connectivity index (χ1n) is 5.30. The van der Waals surface area contributed by atoms with Crippen molar-refractivity contribution in [1.29, 1.82) is 0 Å². The van der Waals surface area contributed by atoms with Crippen molar-refractivity contribution < 1.29 is 4.42 Å². The Morgan fingerprint density at radius 3 is 2.79 bits per heavy atom. The van der Waals surface area contributed by atoms with Gasteiger partial charge in [0.15, 0.2) is 0 Å². The van der Waals surface area contributed by atoms with Gasteiger partial charge in [-0.15, -0.1) is 10.2 Å². The van der Waals surface area contributed by atoms with Crippen LogP contribution in [0.25, 0.3) is 0 Å². The van der Waals surface area contributed by atoms with Crippen molar-refractivity contribution in [2.75, 3.05) is 6.54 Å². The van der Waals surface area contributed by atoms with Crippen LogP contribution in [-0.4, -0.2) is 16.7 Å². The van der Waals surface area contributed by atoms with E-state index >= 15 is 0 Å². The molecule has 0 spiro atoms. The van der Waals surface area contributed by atoms with Crippen molar-refractivity contribution in [2.24, 2.45) is 0 Å². The van der Waals surface area contributed by atoms with Crippen molar-refractivity contribution in [2.45, 2.75) is 46.1 Å². The van der Waals surface area contributed by atoms with Gasteiger partial charge in [-0.1, -0.05) is 20.8 Å². The van der Waals surface area contributed by atoms with E-state index in [2.05, 4.69) is 36.3 Å². The number of nitrogens with zero attached hydrogens (tertiary/aromatic N) is 2. The van der Waals surface area contributed by atoms with Crippen molar-refractivity contribution in [3.05, 3.63) is 11.8 Å². The molecule has 1 atom stereocenters. The van der Waals surface area contributed by atoms with Crippen LogP contribution in [0.3, 0.4) is 0 Å². The number of rotatable bonds is 6. The Morgan fingerprint density at radius 1 is 1.36 bits per heavy atom. The molecule has 0 bridgehead atoms. The Balaban J connectivity index is 2.42. The van der Waals surface area contributed by atoms with Gasteiger partial charge < -0.3 is 9.73 Å². The summed E-state index contributed by atoms with van der Waals surface area (Å²) in [6.45, 7) is 8.00. The lowest BCUT2D eigenvalue weighted by atomic mass is 10.1. The quantitative estimate of drug-likeness (QED) is 0.709. The summed E-state index contributed by atoms with van der Waals surface area (Å²) < 4.78 is 5.50. The van der Waals surface area contributed by atoms with Crippen LogP contribution < -0.4 is 5.32 Å². The zero-order valence-corrected chi connectivity index (χ0v) is 9.21. The molecule has 0 radical (unpaired) electrons. The smallest absolute Gasteiger partial charge is 0.230 e. The second kappa shape index (κ2) is 5.75. The average molecular weight is 197 g/mol. The van der Waals surface area contributed by atoms with Crippen LogP contribution in [0.15, 0.2) is 4.42 Å². The maximum atomic E-state index is 5.50. The molecular weight excluding hydrogens is 178 g/mol. The molecule has 80 valence electrons. The first-order valence-corrected chi connectivity index (χ1v) is 5.30. The number of hydrogen-bond acceptors (Lipinski definition) is 4. The van der Waals surface area contributed by atoms with Crippen molar-refractivity contribution in [3.8, 4) is 0 Å². The van der Waals surface area contributed by atoms with Crippen LogP contribution >= 0.6 is 0 Å². The SMILES string of the molecule is CCCNCc1nnc(C(C)CC)o1.